The maximum Gasteiger partial charge on any atom is 0.410 e. The minimum atomic E-state index is -1.09. The highest BCUT2D eigenvalue weighted by atomic mass is 16.6. The normalized spacial score (nSPS) is 25.3. The Morgan fingerprint density at radius 2 is 1.01 bits per heavy atom. The SMILES string of the molecule is C[C@@H](C(=O)N[C@H]1CCO[C@H]2CC[C@H](C(=O)N[C@@H]3CCOc4ccccc43)N2C1=O)N(C)C(=O)OC(C)(C)C.C[C@@H](C(=O)N[C@H]1CCO[C@H]2CC[C@H](C(=O)O)N2C1=O)N(C)C(=O)OC(C)(C)C.N[C@H]1CCOc2ccccc21. The molecule has 6 aliphatic heterocycles. The molecule has 0 radical (unpaired) electrons. The highest BCUT2D eigenvalue weighted by Gasteiger charge is 2.48. The summed E-state index contributed by atoms with van der Waals surface area (Å²) in [5, 5.41) is 17.8. The van der Waals surface area contributed by atoms with E-state index in [-0.39, 0.29) is 50.0 Å². The van der Waals surface area contributed by atoms with Crippen molar-refractivity contribution in [1.29, 1.82) is 0 Å². The Kier molecular flexibility index (Phi) is 19.8. The van der Waals surface area contributed by atoms with Crippen molar-refractivity contribution in [2.45, 2.75) is 179 Å². The number of carboxylic acid groups (broad SMARTS) is 1. The molecule has 8 rings (SSSR count). The van der Waals surface area contributed by atoms with Crippen molar-refractivity contribution >= 4 is 47.7 Å². The number of nitrogens with one attached hydrogen (secondary N) is 3. The Bertz CT molecular complexity index is 2460. The van der Waals surface area contributed by atoms with Crippen LogP contribution in [0.5, 0.6) is 11.5 Å². The van der Waals surface area contributed by atoms with E-state index in [1.165, 1.54) is 35.7 Å². The first kappa shape index (κ1) is 59.5. The lowest BCUT2D eigenvalue weighted by molar-refractivity contribution is -0.155. The molecule has 0 bridgehead atoms. The maximum absolute atomic E-state index is 13.6. The van der Waals surface area contributed by atoms with Crippen molar-refractivity contribution in [3.8, 4) is 11.5 Å². The monoisotopic (exact) mass is 1080 g/mol. The lowest BCUT2D eigenvalue weighted by Crippen LogP contribution is -2.57. The number of rotatable bonds is 9. The van der Waals surface area contributed by atoms with Crippen molar-refractivity contribution in [2.24, 2.45) is 5.73 Å². The predicted octanol–water partition coefficient (Wildman–Crippen LogP) is 4.12. The zero-order chi connectivity index (χ0) is 56.5. The second kappa shape index (κ2) is 25.6. The van der Waals surface area contributed by atoms with Crippen molar-refractivity contribution in [1.82, 2.24) is 35.6 Å². The minimum Gasteiger partial charge on any atom is -0.493 e. The van der Waals surface area contributed by atoms with Crippen LogP contribution in [0.3, 0.4) is 0 Å². The number of carbonyl (C=O) groups excluding carboxylic acids is 7. The van der Waals surface area contributed by atoms with Gasteiger partial charge in [0.25, 0.3) is 0 Å². The van der Waals surface area contributed by atoms with Crippen LogP contribution < -0.4 is 31.2 Å². The molecule has 0 unspecified atom stereocenters. The van der Waals surface area contributed by atoms with Crippen LogP contribution in [0.15, 0.2) is 48.5 Å². The second-order valence-corrected chi connectivity index (χ2v) is 21.9. The molecule has 77 heavy (non-hydrogen) atoms. The van der Waals surface area contributed by atoms with Gasteiger partial charge in [-0.2, -0.15) is 0 Å². The highest BCUT2D eigenvalue weighted by Crippen LogP contribution is 2.35. The van der Waals surface area contributed by atoms with E-state index in [0.717, 1.165) is 40.6 Å². The van der Waals surface area contributed by atoms with Gasteiger partial charge < -0.3 is 65.0 Å². The van der Waals surface area contributed by atoms with Crippen LogP contribution in [0.2, 0.25) is 0 Å². The molecule has 0 saturated carbocycles. The molecule has 0 spiro atoms. The van der Waals surface area contributed by atoms with E-state index in [1.54, 1.807) is 48.5 Å². The summed E-state index contributed by atoms with van der Waals surface area (Å²) < 4.78 is 33.2. The molecule has 6 heterocycles. The van der Waals surface area contributed by atoms with Gasteiger partial charge in [-0.3, -0.25) is 33.8 Å². The summed E-state index contributed by atoms with van der Waals surface area (Å²) in [6, 6.07) is 10.3. The van der Waals surface area contributed by atoms with Crippen LogP contribution in [-0.2, 0) is 47.7 Å². The lowest BCUT2D eigenvalue weighted by Gasteiger charge is -2.33. The summed E-state index contributed by atoms with van der Waals surface area (Å²) in [5.74, 6) is -1.51. The fourth-order valence-electron chi connectivity index (χ4n) is 9.55. The molecule has 2 aromatic rings. The Morgan fingerprint density at radius 3 is 1.48 bits per heavy atom. The van der Waals surface area contributed by atoms with Gasteiger partial charge in [-0.05, 0) is 93.2 Å². The van der Waals surface area contributed by atoms with Crippen LogP contribution in [0.1, 0.15) is 130 Å². The highest BCUT2D eigenvalue weighted by molar-refractivity contribution is 5.95. The summed E-state index contributed by atoms with van der Waals surface area (Å²) in [5.41, 5.74) is 6.51. The third kappa shape index (κ3) is 15.3. The number of carboxylic acids is 1. The molecule has 2 aromatic carbocycles. The average Bonchev–Trinajstić information content (AvgIpc) is 3.97. The summed E-state index contributed by atoms with van der Waals surface area (Å²) in [6.45, 7) is 15.2. The first-order valence-corrected chi connectivity index (χ1v) is 26.4. The molecule has 7 amide bonds. The molecule has 6 aliphatic rings. The number of ether oxygens (including phenoxy) is 6. The van der Waals surface area contributed by atoms with Gasteiger partial charge in [0.05, 0.1) is 32.5 Å². The van der Waals surface area contributed by atoms with Crippen LogP contribution in [0.25, 0.3) is 0 Å². The van der Waals surface area contributed by atoms with Gasteiger partial charge in [0.1, 0.15) is 71.4 Å². The Balaban J connectivity index is 0.000000214. The number of aliphatic carboxylic acids is 1. The quantitative estimate of drug-likeness (QED) is 0.236. The fourth-order valence-corrected chi connectivity index (χ4v) is 9.55. The van der Waals surface area contributed by atoms with E-state index in [4.69, 9.17) is 34.2 Å². The zero-order valence-corrected chi connectivity index (χ0v) is 45.9. The number of para-hydroxylation sites is 2. The third-order valence-electron chi connectivity index (χ3n) is 14.0. The Labute approximate surface area is 450 Å². The van der Waals surface area contributed by atoms with Gasteiger partial charge in [0, 0.05) is 56.9 Å². The number of nitrogens with zero attached hydrogens (tertiary/aromatic N) is 4. The zero-order valence-electron chi connectivity index (χ0n) is 45.9. The molecule has 23 nitrogen and oxygen atoms in total. The number of hydrogen-bond donors (Lipinski definition) is 5. The molecular weight excluding hydrogens is 1000 g/mol. The van der Waals surface area contributed by atoms with Crippen molar-refractivity contribution in [3.63, 3.8) is 0 Å². The third-order valence-corrected chi connectivity index (χ3v) is 14.0. The topological polar surface area (TPSA) is 287 Å². The molecule has 6 N–H and O–H groups in total. The van der Waals surface area contributed by atoms with E-state index in [2.05, 4.69) is 16.0 Å². The smallest absolute Gasteiger partial charge is 0.410 e. The molecule has 424 valence electrons. The number of fused-ring (bicyclic) bond motifs is 4. The molecular formula is C54H78N8O15. The number of amides is 7. The van der Waals surface area contributed by atoms with Crippen LogP contribution in [0.4, 0.5) is 9.59 Å². The van der Waals surface area contributed by atoms with Gasteiger partial charge in [-0.15, -0.1) is 0 Å². The first-order valence-electron chi connectivity index (χ1n) is 26.4. The number of nitrogens with two attached hydrogens (primary N) is 1. The van der Waals surface area contributed by atoms with Crippen LogP contribution >= 0.6 is 0 Å². The largest absolute Gasteiger partial charge is 0.493 e. The van der Waals surface area contributed by atoms with Gasteiger partial charge in [0.15, 0.2) is 0 Å². The Hall–Kier alpha value is -6.72. The van der Waals surface area contributed by atoms with Gasteiger partial charge in [-0.25, -0.2) is 14.4 Å². The standard InChI is InChI=1S/C27H38N4O7.C18H29N3O7.C9H11NO/c1-16(30(5)26(35)38-27(2,3)4)23(32)29-19-13-15-37-22-11-10-20(31(22)25(19)34)24(33)28-18-12-14-36-21-9-7-6-8-17(18)21;1-10(20(5)17(26)28-18(2,3)4)14(22)19-11-8-9-27-13-7-6-12(16(24)25)21(13)15(11)23;10-8-5-6-11-9-4-2-1-3-7(8)9/h6-9,16,18-20,22H,10-15H2,1-5H3,(H,28,33)(H,29,32);10-13H,6-9H2,1-5H3,(H,19,22)(H,24,25);1-4,8H,5-6,10H2/t16-,18+,19-,20+,22-;10-,11-,12+,13-;8-/m000/s1. The van der Waals surface area contributed by atoms with Crippen molar-refractivity contribution in [2.75, 3.05) is 40.5 Å². The maximum atomic E-state index is 13.6. The van der Waals surface area contributed by atoms with E-state index in [1.807, 2.05) is 48.5 Å². The van der Waals surface area contributed by atoms with E-state index in [9.17, 15) is 43.5 Å². The van der Waals surface area contributed by atoms with E-state index < -0.39 is 95.8 Å². The summed E-state index contributed by atoms with van der Waals surface area (Å²) >= 11 is 0. The number of hydrogen-bond acceptors (Lipinski definition) is 15. The van der Waals surface area contributed by atoms with Gasteiger partial charge >= 0.3 is 18.2 Å². The molecule has 0 aliphatic carbocycles. The van der Waals surface area contributed by atoms with Crippen LogP contribution in [-0.4, -0.2) is 173 Å². The summed E-state index contributed by atoms with van der Waals surface area (Å²) in [4.78, 5) is 106. The molecule has 4 saturated heterocycles. The molecule has 4 fully saturated rings. The number of benzene rings is 2. The van der Waals surface area contributed by atoms with E-state index in [0.29, 0.717) is 38.7 Å². The van der Waals surface area contributed by atoms with Gasteiger partial charge in [-0.1, -0.05) is 36.4 Å². The number of likely N-dealkylation sites (N-methyl/N-ethyl adjacent to an activating group) is 2. The van der Waals surface area contributed by atoms with E-state index >= 15 is 0 Å². The second-order valence-electron chi connectivity index (χ2n) is 21.9. The van der Waals surface area contributed by atoms with Crippen molar-refractivity contribution < 1.29 is 71.9 Å². The van der Waals surface area contributed by atoms with Crippen LogP contribution in [0, 0.1) is 0 Å². The Morgan fingerprint density at radius 1 is 0.597 bits per heavy atom. The average molecular weight is 1080 g/mol. The van der Waals surface area contributed by atoms with Crippen molar-refractivity contribution in [3.05, 3.63) is 59.7 Å². The molecule has 10 atom stereocenters. The summed E-state index contributed by atoms with van der Waals surface area (Å²) in [7, 11) is 2.91. The summed E-state index contributed by atoms with van der Waals surface area (Å²) in [6.07, 6.45) is 1.40. The lowest BCUT2D eigenvalue weighted by atomic mass is 10.00. The minimum absolute atomic E-state index is 0.167. The first-order chi connectivity index (χ1) is 36.3. The number of carbonyl (C=O) groups is 8. The predicted molar refractivity (Wildman–Crippen MR) is 278 cm³/mol. The molecule has 23 heteroatoms. The van der Waals surface area contributed by atoms with Gasteiger partial charge in [0.2, 0.25) is 29.5 Å². The molecule has 0 aromatic heterocycles. The fraction of sp³-hybridized carbons (Fsp3) is 0.630.